The van der Waals surface area contributed by atoms with E-state index in [4.69, 9.17) is 12.2 Å². The Kier molecular flexibility index (Phi) is 5.74. The lowest BCUT2D eigenvalue weighted by atomic mass is 10.1. The molecule has 1 atom stereocenters. The molecular weight excluding hydrogens is 388 g/mol. The number of rotatable bonds is 5. The van der Waals surface area contributed by atoms with Crippen LogP contribution in [0.25, 0.3) is 6.08 Å². The summed E-state index contributed by atoms with van der Waals surface area (Å²) in [6, 6.07) is 7.73. The van der Waals surface area contributed by atoms with Crippen molar-refractivity contribution in [3.8, 4) is 0 Å². The van der Waals surface area contributed by atoms with E-state index in [0.29, 0.717) is 15.6 Å². The van der Waals surface area contributed by atoms with Crippen molar-refractivity contribution in [1.29, 1.82) is 0 Å². The summed E-state index contributed by atoms with van der Waals surface area (Å²) in [5.41, 5.74) is 2.08. The third-order valence-corrected chi connectivity index (χ3v) is 7.80. The summed E-state index contributed by atoms with van der Waals surface area (Å²) in [6.07, 6.45) is 2.29. The van der Waals surface area contributed by atoms with Gasteiger partial charge in [-0.15, -0.1) is 0 Å². The fourth-order valence-corrected chi connectivity index (χ4v) is 6.40. The fraction of sp³-hybridized carbons (Fsp3) is 0.444. The van der Waals surface area contributed by atoms with Crippen LogP contribution in [0.3, 0.4) is 0 Å². The van der Waals surface area contributed by atoms with Gasteiger partial charge in [0.1, 0.15) is 4.32 Å². The lowest BCUT2D eigenvalue weighted by Gasteiger charge is -2.21. The quantitative estimate of drug-likeness (QED) is 0.550. The molecule has 1 unspecified atom stereocenters. The number of thiocarbonyl (C=S) groups is 1. The van der Waals surface area contributed by atoms with Gasteiger partial charge >= 0.3 is 0 Å². The van der Waals surface area contributed by atoms with E-state index in [-0.39, 0.29) is 23.5 Å². The van der Waals surface area contributed by atoms with Crippen molar-refractivity contribution in [3.05, 3.63) is 34.7 Å². The fourth-order valence-electron chi connectivity index (χ4n) is 3.30. The van der Waals surface area contributed by atoms with Gasteiger partial charge in [0.2, 0.25) is 0 Å². The van der Waals surface area contributed by atoms with Crippen LogP contribution in [0.4, 0.5) is 5.69 Å². The van der Waals surface area contributed by atoms with E-state index in [1.807, 2.05) is 30.3 Å². The second kappa shape index (κ2) is 7.70. The number of hydrogen-bond donors (Lipinski definition) is 0. The van der Waals surface area contributed by atoms with Crippen LogP contribution in [-0.4, -0.2) is 54.2 Å². The van der Waals surface area contributed by atoms with Gasteiger partial charge in [-0.25, -0.2) is 8.42 Å². The Morgan fingerprint density at radius 2 is 1.92 bits per heavy atom. The monoisotopic (exact) mass is 410 g/mol. The molecule has 0 spiro atoms. The molecule has 0 aromatic heterocycles. The van der Waals surface area contributed by atoms with E-state index in [1.165, 1.54) is 16.7 Å². The van der Waals surface area contributed by atoms with Gasteiger partial charge in [0, 0.05) is 18.8 Å². The zero-order valence-corrected chi connectivity index (χ0v) is 17.3. The summed E-state index contributed by atoms with van der Waals surface area (Å²) in [7, 11) is -3.06. The van der Waals surface area contributed by atoms with Gasteiger partial charge < -0.3 is 4.90 Å². The molecule has 2 aliphatic rings. The molecule has 1 aromatic rings. The number of nitrogens with zero attached hydrogens (tertiary/aromatic N) is 2. The molecule has 1 amide bonds. The molecule has 0 radical (unpaired) electrons. The average Bonchev–Trinajstić information content (AvgIpc) is 3.09. The first-order chi connectivity index (χ1) is 12.3. The Labute approximate surface area is 164 Å². The second-order valence-electron chi connectivity index (χ2n) is 6.37. The maximum atomic E-state index is 12.7. The minimum Gasteiger partial charge on any atom is -0.372 e. The van der Waals surface area contributed by atoms with Crippen molar-refractivity contribution < 1.29 is 13.2 Å². The van der Waals surface area contributed by atoms with E-state index < -0.39 is 9.84 Å². The van der Waals surface area contributed by atoms with Gasteiger partial charge in [-0.2, -0.15) is 0 Å². The van der Waals surface area contributed by atoms with Gasteiger partial charge in [-0.1, -0.05) is 36.1 Å². The first kappa shape index (κ1) is 19.4. The first-order valence-corrected chi connectivity index (χ1v) is 11.7. The molecule has 0 N–H and O–H groups in total. The summed E-state index contributed by atoms with van der Waals surface area (Å²) >= 11 is 6.58. The minimum atomic E-state index is -3.06. The SMILES string of the molecule is CCN(CC)c1ccc(/C=C2\SC(=S)N(C3CCS(=O)(=O)C3)C2=O)cc1. The molecule has 0 saturated carbocycles. The average molecular weight is 411 g/mol. The minimum absolute atomic E-state index is 0.00525. The Hall–Kier alpha value is -1.38. The van der Waals surface area contributed by atoms with E-state index >= 15 is 0 Å². The van der Waals surface area contributed by atoms with Gasteiger partial charge in [0.05, 0.1) is 22.5 Å². The summed E-state index contributed by atoms with van der Waals surface area (Å²) in [5, 5.41) is 0. The van der Waals surface area contributed by atoms with Gasteiger partial charge in [0.25, 0.3) is 5.91 Å². The van der Waals surface area contributed by atoms with Crippen LogP contribution in [0.5, 0.6) is 0 Å². The number of hydrogen-bond acceptors (Lipinski definition) is 6. The highest BCUT2D eigenvalue weighted by Crippen LogP contribution is 2.36. The highest BCUT2D eigenvalue weighted by Gasteiger charge is 2.42. The molecule has 2 aliphatic heterocycles. The predicted molar refractivity (Wildman–Crippen MR) is 112 cm³/mol. The smallest absolute Gasteiger partial charge is 0.266 e. The van der Waals surface area contributed by atoms with Crippen molar-refractivity contribution in [3.63, 3.8) is 0 Å². The van der Waals surface area contributed by atoms with Crippen LogP contribution in [0.15, 0.2) is 29.2 Å². The summed E-state index contributed by atoms with van der Waals surface area (Å²) in [5.74, 6) is -0.0544. The Bertz CT molecular complexity index is 843. The molecule has 2 heterocycles. The van der Waals surface area contributed by atoms with E-state index in [2.05, 4.69) is 18.7 Å². The lowest BCUT2D eigenvalue weighted by molar-refractivity contribution is -0.123. The molecule has 2 fully saturated rings. The molecule has 140 valence electrons. The van der Waals surface area contributed by atoms with E-state index in [9.17, 15) is 13.2 Å². The van der Waals surface area contributed by atoms with Gasteiger partial charge in [-0.05, 0) is 44.0 Å². The zero-order chi connectivity index (χ0) is 18.9. The van der Waals surface area contributed by atoms with Crippen molar-refractivity contribution >= 4 is 55.8 Å². The van der Waals surface area contributed by atoms with Crippen LogP contribution in [0, 0.1) is 0 Å². The van der Waals surface area contributed by atoms with Crippen molar-refractivity contribution in [2.75, 3.05) is 29.5 Å². The highest BCUT2D eigenvalue weighted by atomic mass is 32.2. The van der Waals surface area contributed by atoms with Crippen LogP contribution < -0.4 is 4.90 Å². The number of anilines is 1. The third kappa shape index (κ3) is 3.97. The topological polar surface area (TPSA) is 57.7 Å². The van der Waals surface area contributed by atoms with E-state index in [0.717, 1.165) is 24.3 Å². The Morgan fingerprint density at radius 3 is 2.46 bits per heavy atom. The number of carbonyl (C=O) groups is 1. The standard InChI is InChI=1S/C18H22N2O3S3/c1-3-19(4-2)14-7-5-13(6-8-14)11-16-17(21)20(18(24)25-16)15-9-10-26(22,23)12-15/h5-8,11,15H,3-4,9-10,12H2,1-2H3/b16-11-. The third-order valence-electron chi connectivity index (χ3n) is 4.72. The molecule has 26 heavy (non-hydrogen) atoms. The van der Waals surface area contributed by atoms with Crippen LogP contribution in [-0.2, 0) is 14.6 Å². The van der Waals surface area contributed by atoms with Crippen LogP contribution in [0.1, 0.15) is 25.8 Å². The Balaban J connectivity index is 1.78. The lowest BCUT2D eigenvalue weighted by Crippen LogP contribution is -2.39. The van der Waals surface area contributed by atoms with E-state index in [1.54, 1.807) is 0 Å². The maximum absolute atomic E-state index is 12.7. The Morgan fingerprint density at radius 1 is 1.27 bits per heavy atom. The van der Waals surface area contributed by atoms with Crippen LogP contribution in [0.2, 0.25) is 0 Å². The number of amides is 1. The normalized spacial score (nSPS) is 23.8. The number of benzene rings is 1. The maximum Gasteiger partial charge on any atom is 0.266 e. The summed E-state index contributed by atoms with van der Waals surface area (Å²) in [4.78, 5) is 17.0. The van der Waals surface area contributed by atoms with Gasteiger partial charge in [-0.3, -0.25) is 9.69 Å². The van der Waals surface area contributed by atoms with Crippen molar-refractivity contribution in [2.45, 2.75) is 26.3 Å². The molecular formula is C18H22N2O3S3. The second-order valence-corrected chi connectivity index (χ2v) is 10.3. The molecule has 2 saturated heterocycles. The first-order valence-electron chi connectivity index (χ1n) is 8.67. The summed E-state index contributed by atoms with van der Waals surface area (Å²) < 4.78 is 23.9. The summed E-state index contributed by atoms with van der Waals surface area (Å²) in [6.45, 7) is 6.12. The van der Waals surface area contributed by atoms with Crippen molar-refractivity contribution in [1.82, 2.24) is 4.90 Å². The zero-order valence-electron chi connectivity index (χ0n) is 14.8. The van der Waals surface area contributed by atoms with Gasteiger partial charge in [0.15, 0.2) is 9.84 Å². The number of carbonyl (C=O) groups excluding carboxylic acids is 1. The molecule has 8 heteroatoms. The van der Waals surface area contributed by atoms with Crippen molar-refractivity contribution in [2.24, 2.45) is 0 Å². The molecule has 5 nitrogen and oxygen atoms in total. The molecule has 0 bridgehead atoms. The largest absolute Gasteiger partial charge is 0.372 e. The predicted octanol–water partition coefficient (Wildman–Crippen LogP) is 2.92. The molecule has 0 aliphatic carbocycles. The number of sulfone groups is 1. The van der Waals surface area contributed by atoms with Crippen LogP contribution >= 0.6 is 24.0 Å². The molecule has 3 rings (SSSR count). The number of thioether (sulfide) groups is 1. The molecule has 1 aromatic carbocycles. The highest BCUT2D eigenvalue weighted by molar-refractivity contribution is 8.26.